The first-order valence-electron chi connectivity index (χ1n) is 5.24. The third-order valence-corrected chi connectivity index (χ3v) is 2.90. The summed E-state index contributed by atoms with van der Waals surface area (Å²) in [7, 11) is 0. The summed E-state index contributed by atoms with van der Waals surface area (Å²) in [5.74, 6) is -0.632. The van der Waals surface area contributed by atoms with E-state index in [1.165, 1.54) is 0 Å². The molecule has 0 fully saturated rings. The maximum atomic E-state index is 12.8. The van der Waals surface area contributed by atoms with E-state index >= 15 is 0 Å². The number of carbonyl (C=O) groups is 1. The monoisotopic (exact) mass is 323 g/mol. The van der Waals surface area contributed by atoms with Crippen LogP contribution in [0.5, 0.6) is 0 Å². The van der Waals surface area contributed by atoms with Gasteiger partial charge in [-0.25, -0.2) is 8.78 Å². The molecule has 18 heavy (non-hydrogen) atoms. The Labute approximate surface area is 110 Å². The third-order valence-electron chi connectivity index (χ3n) is 2.34. The molecule has 0 unspecified atom stereocenters. The van der Waals surface area contributed by atoms with Gasteiger partial charge in [-0.15, -0.1) is 0 Å². The predicted octanol–water partition coefficient (Wildman–Crippen LogP) is 2.31. The van der Waals surface area contributed by atoms with Gasteiger partial charge in [0.15, 0.2) is 0 Å². The normalized spacial score (nSPS) is 10.7. The maximum absolute atomic E-state index is 12.8. The van der Waals surface area contributed by atoms with Crippen molar-refractivity contribution in [3.8, 4) is 0 Å². The summed E-state index contributed by atoms with van der Waals surface area (Å²) in [6, 6.07) is 0. The van der Waals surface area contributed by atoms with Crippen LogP contribution in [0.2, 0.25) is 0 Å². The summed E-state index contributed by atoms with van der Waals surface area (Å²) >= 11 is 3.05. The zero-order chi connectivity index (χ0) is 13.7. The number of pyridine rings is 1. The van der Waals surface area contributed by atoms with E-state index < -0.39 is 18.0 Å². The first-order chi connectivity index (χ1) is 8.51. The summed E-state index contributed by atoms with van der Waals surface area (Å²) in [4.78, 5) is 25.1. The first kappa shape index (κ1) is 14.8. The highest BCUT2D eigenvalue weighted by atomic mass is 79.9. The van der Waals surface area contributed by atoms with Crippen molar-refractivity contribution in [2.24, 2.45) is 0 Å². The number of alkyl halides is 3. The fourth-order valence-electron chi connectivity index (χ4n) is 1.53. The molecular weight excluding hydrogens is 312 g/mol. The molecule has 4 nitrogen and oxygen atoms in total. The molecule has 0 saturated heterocycles. The number of nitrogens with one attached hydrogen (secondary N) is 1. The standard InChI is InChI=1S/C11H12BrF2NO3/c1-2-18-9(16)3-6-7(4-12)11(17)15-5-8(6)10(13)14/h5,10H,2-4H2,1H3,(H,15,17). The first-order valence-corrected chi connectivity index (χ1v) is 6.36. The second-order valence-corrected chi connectivity index (χ2v) is 4.01. The van der Waals surface area contributed by atoms with E-state index in [1.807, 2.05) is 0 Å². The average molecular weight is 324 g/mol. The minimum atomic E-state index is -2.76. The van der Waals surface area contributed by atoms with Crippen molar-refractivity contribution in [3.05, 3.63) is 33.2 Å². The molecule has 0 aliphatic rings. The van der Waals surface area contributed by atoms with Crippen LogP contribution in [0.1, 0.15) is 30.0 Å². The Balaban J connectivity index is 3.23. The van der Waals surface area contributed by atoms with E-state index in [9.17, 15) is 18.4 Å². The lowest BCUT2D eigenvalue weighted by atomic mass is 10.0. The van der Waals surface area contributed by atoms with Crippen molar-refractivity contribution >= 4 is 21.9 Å². The largest absolute Gasteiger partial charge is 0.466 e. The highest BCUT2D eigenvalue weighted by molar-refractivity contribution is 9.08. The van der Waals surface area contributed by atoms with Gasteiger partial charge in [0.25, 0.3) is 12.0 Å². The number of halogens is 3. The number of esters is 1. The molecule has 0 radical (unpaired) electrons. The smallest absolute Gasteiger partial charge is 0.310 e. The minimum Gasteiger partial charge on any atom is -0.466 e. The number of hydrogen-bond donors (Lipinski definition) is 1. The van der Waals surface area contributed by atoms with Crippen molar-refractivity contribution in [1.82, 2.24) is 4.98 Å². The topological polar surface area (TPSA) is 59.2 Å². The highest BCUT2D eigenvalue weighted by Crippen LogP contribution is 2.24. The van der Waals surface area contributed by atoms with Crippen LogP contribution in [0.3, 0.4) is 0 Å². The summed E-state index contributed by atoms with van der Waals surface area (Å²) in [5.41, 5.74) is -0.683. The van der Waals surface area contributed by atoms with Gasteiger partial charge in [-0.1, -0.05) is 15.9 Å². The van der Waals surface area contributed by atoms with Crippen LogP contribution in [-0.2, 0) is 21.3 Å². The molecule has 1 aromatic rings. The molecule has 1 aromatic heterocycles. The van der Waals surface area contributed by atoms with Gasteiger partial charge >= 0.3 is 5.97 Å². The van der Waals surface area contributed by atoms with E-state index in [4.69, 9.17) is 4.74 Å². The van der Waals surface area contributed by atoms with Crippen LogP contribution in [0.4, 0.5) is 8.78 Å². The quantitative estimate of drug-likeness (QED) is 0.668. The second-order valence-electron chi connectivity index (χ2n) is 3.45. The van der Waals surface area contributed by atoms with E-state index in [-0.39, 0.29) is 35.0 Å². The van der Waals surface area contributed by atoms with Crippen molar-refractivity contribution in [2.75, 3.05) is 6.61 Å². The molecule has 0 aromatic carbocycles. The molecule has 0 spiro atoms. The Morgan fingerprint density at radius 2 is 2.17 bits per heavy atom. The highest BCUT2D eigenvalue weighted by Gasteiger charge is 2.21. The van der Waals surface area contributed by atoms with Gasteiger partial charge in [-0.2, -0.15) is 0 Å². The third kappa shape index (κ3) is 3.38. The molecule has 7 heteroatoms. The van der Waals surface area contributed by atoms with Crippen LogP contribution in [0, 0.1) is 0 Å². The van der Waals surface area contributed by atoms with Crippen molar-refractivity contribution in [3.63, 3.8) is 0 Å². The molecule has 1 heterocycles. The fourth-order valence-corrected chi connectivity index (χ4v) is 2.12. The van der Waals surface area contributed by atoms with Gasteiger partial charge in [0.1, 0.15) is 0 Å². The van der Waals surface area contributed by atoms with Crippen LogP contribution in [-0.4, -0.2) is 17.6 Å². The number of hydrogen-bond acceptors (Lipinski definition) is 3. The van der Waals surface area contributed by atoms with Crippen LogP contribution in [0.15, 0.2) is 11.0 Å². The Bertz CT molecular complexity index is 488. The van der Waals surface area contributed by atoms with E-state index in [0.717, 1.165) is 6.20 Å². The number of aromatic nitrogens is 1. The Morgan fingerprint density at radius 1 is 1.50 bits per heavy atom. The maximum Gasteiger partial charge on any atom is 0.310 e. The summed E-state index contributed by atoms with van der Waals surface area (Å²) in [5, 5.41) is 0.0949. The molecule has 0 saturated carbocycles. The summed E-state index contributed by atoms with van der Waals surface area (Å²) in [6.45, 7) is 1.78. The van der Waals surface area contributed by atoms with E-state index in [2.05, 4.69) is 20.9 Å². The number of rotatable bonds is 5. The Kier molecular flexibility index (Phi) is 5.46. The molecule has 0 aliphatic heterocycles. The van der Waals surface area contributed by atoms with Gasteiger partial charge in [-0.05, 0) is 12.5 Å². The lowest BCUT2D eigenvalue weighted by molar-refractivity contribution is -0.142. The number of H-pyrrole nitrogens is 1. The SMILES string of the molecule is CCOC(=O)Cc1c(C(F)F)c[nH]c(=O)c1CBr. The van der Waals surface area contributed by atoms with E-state index in [1.54, 1.807) is 6.92 Å². The molecule has 0 bridgehead atoms. The molecule has 100 valence electrons. The second kappa shape index (κ2) is 6.63. The summed E-state index contributed by atoms with van der Waals surface area (Å²) in [6.07, 6.45) is -2.16. The lowest BCUT2D eigenvalue weighted by Gasteiger charge is -2.11. The van der Waals surface area contributed by atoms with Gasteiger partial charge in [0.05, 0.1) is 13.0 Å². The van der Waals surface area contributed by atoms with Gasteiger partial charge < -0.3 is 9.72 Å². The molecule has 0 aliphatic carbocycles. The zero-order valence-corrected chi connectivity index (χ0v) is 11.2. The zero-order valence-electron chi connectivity index (χ0n) is 9.63. The molecule has 1 rings (SSSR count). The molecule has 1 N–H and O–H groups in total. The predicted molar refractivity (Wildman–Crippen MR) is 65.0 cm³/mol. The molecule has 0 atom stereocenters. The van der Waals surface area contributed by atoms with Crippen molar-refractivity contribution in [2.45, 2.75) is 25.1 Å². The van der Waals surface area contributed by atoms with Crippen molar-refractivity contribution < 1.29 is 18.3 Å². The summed E-state index contributed by atoms with van der Waals surface area (Å²) < 4.78 is 30.4. The van der Waals surface area contributed by atoms with E-state index in [0.29, 0.717) is 0 Å². The Morgan fingerprint density at radius 3 is 2.67 bits per heavy atom. The van der Waals surface area contributed by atoms with Crippen LogP contribution >= 0.6 is 15.9 Å². The van der Waals surface area contributed by atoms with Crippen molar-refractivity contribution in [1.29, 1.82) is 0 Å². The van der Waals surface area contributed by atoms with Gasteiger partial charge in [0.2, 0.25) is 0 Å². The number of ether oxygens (including phenoxy) is 1. The van der Waals surface area contributed by atoms with Crippen LogP contribution in [0.25, 0.3) is 0 Å². The molecular formula is C11H12BrF2NO3. The fraction of sp³-hybridized carbons (Fsp3) is 0.455. The minimum absolute atomic E-state index is 0.0316. The lowest BCUT2D eigenvalue weighted by Crippen LogP contribution is -2.20. The Hall–Kier alpha value is -1.24. The molecule has 0 amide bonds. The van der Waals surface area contributed by atoms with Crippen LogP contribution < -0.4 is 5.56 Å². The van der Waals surface area contributed by atoms with Gasteiger partial charge in [0, 0.05) is 22.7 Å². The number of aromatic amines is 1. The number of carbonyl (C=O) groups excluding carboxylic acids is 1. The average Bonchev–Trinajstić information content (AvgIpc) is 2.29. The van der Waals surface area contributed by atoms with Gasteiger partial charge in [-0.3, -0.25) is 9.59 Å².